The highest BCUT2D eigenvalue weighted by Gasteiger charge is 2.11. The van der Waals surface area contributed by atoms with Crippen LogP contribution in [0.15, 0.2) is 22.7 Å². The molecule has 0 radical (unpaired) electrons. The quantitative estimate of drug-likeness (QED) is 0.605. The van der Waals surface area contributed by atoms with Crippen LogP contribution in [-0.2, 0) is 9.47 Å². The molecule has 114 valence electrons. The molecule has 0 unspecified atom stereocenters. The van der Waals surface area contributed by atoms with Crippen LogP contribution in [0.3, 0.4) is 0 Å². The predicted molar refractivity (Wildman–Crippen MR) is 85.4 cm³/mol. The van der Waals surface area contributed by atoms with Crippen molar-refractivity contribution in [3.8, 4) is 5.75 Å². The molecule has 1 aromatic rings. The molecule has 0 spiro atoms. The van der Waals surface area contributed by atoms with Gasteiger partial charge in [0, 0.05) is 24.1 Å². The van der Waals surface area contributed by atoms with E-state index in [9.17, 15) is 0 Å². The van der Waals surface area contributed by atoms with Crippen LogP contribution in [0, 0.1) is 0 Å². The molecule has 0 atom stereocenters. The fourth-order valence-electron chi connectivity index (χ4n) is 1.95. The number of rotatable bonds is 9. The molecule has 1 rings (SSSR count). The minimum absolute atomic E-state index is 0.178. The van der Waals surface area contributed by atoms with E-state index in [1.165, 1.54) is 5.56 Å². The number of hydrogen-bond donors (Lipinski definition) is 0. The third-order valence-corrected chi connectivity index (χ3v) is 3.40. The van der Waals surface area contributed by atoms with E-state index in [4.69, 9.17) is 14.2 Å². The Labute approximate surface area is 130 Å². The van der Waals surface area contributed by atoms with E-state index in [1.54, 1.807) is 0 Å². The van der Waals surface area contributed by atoms with Gasteiger partial charge in [-0.1, -0.05) is 29.8 Å². The van der Waals surface area contributed by atoms with Gasteiger partial charge in [0.05, 0.1) is 6.61 Å². The number of hydrogen-bond acceptors (Lipinski definition) is 3. The zero-order valence-corrected chi connectivity index (χ0v) is 14.4. The van der Waals surface area contributed by atoms with Crippen molar-refractivity contribution in [2.24, 2.45) is 0 Å². The highest BCUT2D eigenvalue weighted by atomic mass is 79.9. The van der Waals surface area contributed by atoms with Gasteiger partial charge in [0.15, 0.2) is 6.29 Å². The van der Waals surface area contributed by atoms with Crippen molar-refractivity contribution in [2.45, 2.75) is 46.3 Å². The molecule has 3 nitrogen and oxygen atoms in total. The molecule has 0 saturated heterocycles. The summed E-state index contributed by atoms with van der Waals surface area (Å²) in [6.45, 7) is 10.2. The molecular weight excluding hydrogens is 320 g/mol. The van der Waals surface area contributed by atoms with Gasteiger partial charge < -0.3 is 14.2 Å². The molecule has 20 heavy (non-hydrogen) atoms. The summed E-state index contributed by atoms with van der Waals surface area (Å²) in [5.74, 6) is 1.37. The SMILES string of the molecule is CCOC(CCOc1ccc(Br)cc1C(C)C)OCC. The van der Waals surface area contributed by atoms with E-state index in [-0.39, 0.29) is 6.29 Å². The zero-order valence-electron chi connectivity index (χ0n) is 12.8. The summed E-state index contributed by atoms with van der Waals surface area (Å²) in [4.78, 5) is 0. The van der Waals surface area contributed by atoms with Crippen LogP contribution >= 0.6 is 15.9 Å². The third-order valence-electron chi connectivity index (χ3n) is 2.91. The summed E-state index contributed by atoms with van der Waals surface area (Å²) in [5.41, 5.74) is 1.21. The Hall–Kier alpha value is -0.580. The molecule has 0 aliphatic heterocycles. The Morgan fingerprint density at radius 3 is 2.30 bits per heavy atom. The van der Waals surface area contributed by atoms with Gasteiger partial charge in [0.25, 0.3) is 0 Å². The van der Waals surface area contributed by atoms with Gasteiger partial charge in [-0.25, -0.2) is 0 Å². The lowest BCUT2D eigenvalue weighted by atomic mass is 10.0. The number of benzene rings is 1. The second kappa shape index (κ2) is 9.37. The normalized spacial score (nSPS) is 11.3. The molecule has 0 aliphatic rings. The van der Waals surface area contributed by atoms with Gasteiger partial charge in [-0.2, -0.15) is 0 Å². The highest BCUT2D eigenvalue weighted by Crippen LogP contribution is 2.29. The maximum absolute atomic E-state index is 5.90. The predicted octanol–water partition coefficient (Wildman–Crippen LogP) is 4.74. The first-order valence-corrected chi connectivity index (χ1v) is 8.03. The molecular formula is C16H25BrO3. The Balaban J connectivity index is 2.56. The second-order valence-corrected chi connectivity index (χ2v) is 5.73. The van der Waals surface area contributed by atoms with Crippen LogP contribution in [0.5, 0.6) is 5.75 Å². The van der Waals surface area contributed by atoms with Crippen LogP contribution in [-0.4, -0.2) is 26.1 Å². The van der Waals surface area contributed by atoms with Crippen molar-refractivity contribution in [1.29, 1.82) is 0 Å². The van der Waals surface area contributed by atoms with Crippen molar-refractivity contribution in [3.05, 3.63) is 28.2 Å². The van der Waals surface area contributed by atoms with Crippen LogP contribution in [0.4, 0.5) is 0 Å². The Morgan fingerprint density at radius 1 is 1.10 bits per heavy atom. The van der Waals surface area contributed by atoms with E-state index in [1.807, 2.05) is 26.0 Å². The lowest BCUT2D eigenvalue weighted by molar-refractivity contribution is -0.142. The number of ether oxygens (including phenoxy) is 3. The average Bonchev–Trinajstić information content (AvgIpc) is 2.40. The Bertz CT molecular complexity index is 387. The molecule has 0 saturated carbocycles. The van der Waals surface area contributed by atoms with Crippen molar-refractivity contribution < 1.29 is 14.2 Å². The van der Waals surface area contributed by atoms with E-state index in [0.717, 1.165) is 16.6 Å². The van der Waals surface area contributed by atoms with Crippen LogP contribution in [0.25, 0.3) is 0 Å². The van der Waals surface area contributed by atoms with Gasteiger partial charge in [0.1, 0.15) is 5.75 Å². The van der Waals surface area contributed by atoms with E-state index in [0.29, 0.717) is 25.7 Å². The molecule has 0 fully saturated rings. The lowest BCUT2D eigenvalue weighted by Gasteiger charge is -2.18. The van der Waals surface area contributed by atoms with Crippen molar-refractivity contribution in [2.75, 3.05) is 19.8 Å². The molecule has 1 aromatic carbocycles. The zero-order chi connectivity index (χ0) is 15.0. The monoisotopic (exact) mass is 344 g/mol. The highest BCUT2D eigenvalue weighted by molar-refractivity contribution is 9.10. The van der Waals surface area contributed by atoms with Crippen molar-refractivity contribution in [3.63, 3.8) is 0 Å². The molecule has 0 bridgehead atoms. The van der Waals surface area contributed by atoms with Gasteiger partial charge in [-0.3, -0.25) is 0 Å². The minimum Gasteiger partial charge on any atom is -0.493 e. The van der Waals surface area contributed by atoms with Gasteiger partial charge in [0.2, 0.25) is 0 Å². The van der Waals surface area contributed by atoms with Crippen LogP contribution in [0.1, 0.15) is 45.6 Å². The first-order valence-electron chi connectivity index (χ1n) is 7.23. The third kappa shape index (κ3) is 5.81. The fraction of sp³-hybridized carbons (Fsp3) is 0.625. The standard InChI is InChI=1S/C16H25BrO3/c1-5-18-16(19-6-2)9-10-20-15-8-7-13(17)11-14(15)12(3)4/h7-8,11-12,16H,5-6,9-10H2,1-4H3. The average molecular weight is 345 g/mol. The summed E-state index contributed by atoms with van der Waals surface area (Å²) in [7, 11) is 0. The van der Waals surface area contributed by atoms with Gasteiger partial charge in [-0.05, 0) is 43.5 Å². The molecule has 0 aliphatic carbocycles. The smallest absolute Gasteiger partial charge is 0.160 e. The number of halogens is 1. The summed E-state index contributed by atoms with van der Waals surface area (Å²) >= 11 is 3.50. The minimum atomic E-state index is -0.178. The summed E-state index contributed by atoms with van der Waals surface area (Å²) in [5, 5.41) is 0. The first kappa shape index (κ1) is 17.5. The molecule has 0 aromatic heterocycles. The van der Waals surface area contributed by atoms with Crippen molar-refractivity contribution >= 4 is 15.9 Å². The first-order chi connectivity index (χ1) is 9.58. The lowest BCUT2D eigenvalue weighted by Crippen LogP contribution is -2.20. The van der Waals surface area contributed by atoms with Crippen LogP contribution < -0.4 is 4.74 Å². The summed E-state index contributed by atoms with van der Waals surface area (Å²) < 4.78 is 18.0. The van der Waals surface area contributed by atoms with E-state index < -0.39 is 0 Å². The van der Waals surface area contributed by atoms with E-state index >= 15 is 0 Å². The fourth-order valence-corrected chi connectivity index (χ4v) is 2.33. The molecule has 0 N–H and O–H groups in total. The Kier molecular flexibility index (Phi) is 8.19. The van der Waals surface area contributed by atoms with Crippen LogP contribution in [0.2, 0.25) is 0 Å². The van der Waals surface area contributed by atoms with E-state index in [2.05, 4.69) is 35.8 Å². The summed E-state index contributed by atoms with van der Waals surface area (Å²) in [6, 6.07) is 6.13. The van der Waals surface area contributed by atoms with Gasteiger partial charge >= 0.3 is 0 Å². The topological polar surface area (TPSA) is 27.7 Å². The maximum atomic E-state index is 5.90. The largest absolute Gasteiger partial charge is 0.493 e. The van der Waals surface area contributed by atoms with Crippen molar-refractivity contribution in [1.82, 2.24) is 0 Å². The molecule has 0 amide bonds. The second-order valence-electron chi connectivity index (χ2n) is 4.81. The molecule has 4 heteroatoms. The Morgan fingerprint density at radius 2 is 1.75 bits per heavy atom. The van der Waals surface area contributed by atoms with Gasteiger partial charge in [-0.15, -0.1) is 0 Å². The molecule has 0 heterocycles. The maximum Gasteiger partial charge on any atom is 0.160 e. The summed E-state index contributed by atoms with van der Waals surface area (Å²) in [6.07, 6.45) is 0.554.